The quantitative estimate of drug-likeness (QED) is 0.707. The van der Waals surface area contributed by atoms with Gasteiger partial charge >= 0.3 is 0 Å². The SMILES string of the molecule is Cc1nc2c(cnn2Cc2ccccc2)[nH]1. The Morgan fingerprint density at radius 3 is 2.88 bits per heavy atom. The summed E-state index contributed by atoms with van der Waals surface area (Å²) >= 11 is 0. The van der Waals surface area contributed by atoms with Gasteiger partial charge in [0.1, 0.15) is 11.3 Å². The van der Waals surface area contributed by atoms with Crippen LogP contribution in [0.1, 0.15) is 11.4 Å². The monoisotopic (exact) mass is 212 g/mol. The van der Waals surface area contributed by atoms with Gasteiger partial charge in [0.15, 0.2) is 5.65 Å². The summed E-state index contributed by atoms with van der Waals surface area (Å²) in [7, 11) is 0. The smallest absolute Gasteiger partial charge is 0.176 e. The van der Waals surface area contributed by atoms with Crippen molar-refractivity contribution in [2.24, 2.45) is 0 Å². The number of imidazole rings is 1. The minimum Gasteiger partial charge on any atom is -0.340 e. The molecule has 0 radical (unpaired) electrons. The predicted molar refractivity (Wildman–Crippen MR) is 62.2 cm³/mol. The number of rotatable bonds is 2. The Balaban J connectivity index is 2.00. The van der Waals surface area contributed by atoms with Gasteiger partial charge in [0.2, 0.25) is 0 Å². The van der Waals surface area contributed by atoms with Crippen molar-refractivity contribution >= 4 is 11.2 Å². The fraction of sp³-hybridized carbons (Fsp3) is 0.167. The lowest BCUT2D eigenvalue weighted by molar-refractivity contribution is 0.703. The van der Waals surface area contributed by atoms with E-state index in [0.717, 1.165) is 23.5 Å². The first-order valence-electron chi connectivity index (χ1n) is 5.25. The van der Waals surface area contributed by atoms with Gasteiger partial charge in [-0.05, 0) is 12.5 Å². The Hall–Kier alpha value is -2.10. The van der Waals surface area contributed by atoms with Crippen LogP contribution in [0.5, 0.6) is 0 Å². The molecule has 0 amide bonds. The molecular weight excluding hydrogens is 200 g/mol. The number of fused-ring (bicyclic) bond motifs is 1. The van der Waals surface area contributed by atoms with E-state index in [9.17, 15) is 0 Å². The van der Waals surface area contributed by atoms with Crippen LogP contribution in [0.3, 0.4) is 0 Å². The molecule has 3 rings (SSSR count). The summed E-state index contributed by atoms with van der Waals surface area (Å²) < 4.78 is 1.91. The molecule has 0 aliphatic carbocycles. The largest absolute Gasteiger partial charge is 0.340 e. The Morgan fingerprint density at radius 2 is 2.06 bits per heavy atom. The zero-order valence-corrected chi connectivity index (χ0v) is 9.01. The number of nitrogens with one attached hydrogen (secondary N) is 1. The number of H-pyrrole nitrogens is 1. The van der Waals surface area contributed by atoms with Gasteiger partial charge in [0, 0.05) is 0 Å². The topological polar surface area (TPSA) is 46.5 Å². The second-order valence-electron chi connectivity index (χ2n) is 3.85. The van der Waals surface area contributed by atoms with Crippen molar-refractivity contribution in [3.63, 3.8) is 0 Å². The van der Waals surface area contributed by atoms with Crippen LogP contribution in [-0.4, -0.2) is 19.7 Å². The van der Waals surface area contributed by atoms with E-state index in [4.69, 9.17) is 0 Å². The minimum atomic E-state index is 0.759. The third-order valence-corrected chi connectivity index (χ3v) is 2.58. The van der Waals surface area contributed by atoms with E-state index < -0.39 is 0 Å². The first-order chi connectivity index (χ1) is 7.83. The average molecular weight is 212 g/mol. The lowest BCUT2D eigenvalue weighted by Gasteiger charge is -2.01. The van der Waals surface area contributed by atoms with Gasteiger partial charge in [-0.2, -0.15) is 5.10 Å². The third-order valence-electron chi connectivity index (χ3n) is 2.58. The van der Waals surface area contributed by atoms with Gasteiger partial charge in [0.25, 0.3) is 0 Å². The zero-order chi connectivity index (χ0) is 11.0. The molecule has 3 aromatic rings. The lowest BCUT2D eigenvalue weighted by Crippen LogP contribution is -2.01. The second kappa shape index (κ2) is 3.48. The molecular formula is C12H12N4. The van der Waals surface area contributed by atoms with Gasteiger partial charge in [-0.25, -0.2) is 9.67 Å². The van der Waals surface area contributed by atoms with Gasteiger partial charge in [-0.1, -0.05) is 30.3 Å². The molecule has 1 N–H and O–H groups in total. The first-order valence-corrected chi connectivity index (χ1v) is 5.25. The van der Waals surface area contributed by atoms with E-state index in [1.54, 1.807) is 0 Å². The Labute approximate surface area is 92.9 Å². The first kappa shape index (κ1) is 9.15. The lowest BCUT2D eigenvalue weighted by atomic mass is 10.2. The van der Waals surface area contributed by atoms with Crippen LogP contribution in [-0.2, 0) is 6.54 Å². The highest BCUT2D eigenvalue weighted by Crippen LogP contribution is 2.12. The molecule has 2 heterocycles. The van der Waals surface area contributed by atoms with Crippen molar-refractivity contribution in [1.82, 2.24) is 19.7 Å². The number of benzene rings is 1. The molecule has 0 saturated carbocycles. The van der Waals surface area contributed by atoms with Crippen molar-refractivity contribution in [3.8, 4) is 0 Å². The van der Waals surface area contributed by atoms with E-state index in [2.05, 4.69) is 27.2 Å². The highest BCUT2D eigenvalue weighted by Gasteiger charge is 2.06. The van der Waals surface area contributed by atoms with Crippen LogP contribution in [0.25, 0.3) is 11.2 Å². The maximum Gasteiger partial charge on any atom is 0.176 e. The molecule has 80 valence electrons. The molecule has 0 saturated heterocycles. The summed E-state index contributed by atoms with van der Waals surface area (Å²) in [5.74, 6) is 0.925. The molecule has 4 heteroatoms. The van der Waals surface area contributed by atoms with Crippen LogP contribution in [0.15, 0.2) is 36.5 Å². The summed E-state index contributed by atoms with van der Waals surface area (Å²) in [6.45, 7) is 2.71. The van der Waals surface area contributed by atoms with E-state index in [1.807, 2.05) is 36.0 Å². The zero-order valence-electron chi connectivity index (χ0n) is 9.01. The van der Waals surface area contributed by atoms with Crippen molar-refractivity contribution in [3.05, 3.63) is 47.9 Å². The molecule has 0 atom stereocenters. The van der Waals surface area contributed by atoms with Crippen molar-refractivity contribution in [2.45, 2.75) is 13.5 Å². The van der Waals surface area contributed by atoms with Gasteiger partial charge in [-0.15, -0.1) is 0 Å². The Kier molecular flexibility index (Phi) is 1.99. The van der Waals surface area contributed by atoms with E-state index in [0.29, 0.717) is 0 Å². The summed E-state index contributed by atoms with van der Waals surface area (Å²) in [5.41, 5.74) is 3.14. The summed E-state index contributed by atoms with van der Waals surface area (Å²) in [4.78, 5) is 7.58. The predicted octanol–water partition coefficient (Wildman–Crippen LogP) is 2.12. The Bertz CT molecular complexity index is 606. The number of aryl methyl sites for hydroxylation is 1. The average Bonchev–Trinajstić information content (AvgIpc) is 2.81. The third kappa shape index (κ3) is 1.48. The number of aromatic amines is 1. The van der Waals surface area contributed by atoms with E-state index in [1.165, 1.54) is 5.56 Å². The number of aromatic nitrogens is 4. The van der Waals surface area contributed by atoms with E-state index in [-0.39, 0.29) is 0 Å². The van der Waals surface area contributed by atoms with Gasteiger partial charge < -0.3 is 4.98 Å². The van der Waals surface area contributed by atoms with Gasteiger partial charge in [-0.3, -0.25) is 0 Å². The van der Waals surface area contributed by atoms with Crippen molar-refractivity contribution in [1.29, 1.82) is 0 Å². The molecule has 0 spiro atoms. The molecule has 2 aromatic heterocycles. The standard InChI is InChI=1S/C12H12N4/c1-9-14-11-7-13-16(12(11)15-9)8-10-5-3-2-4-6-10/h2-7H,8H2,1H3,(H,14,15). The fourth-order valence-corrected chi connectivity index (χ4v) is 1.84. The molecule has 4 nitrogen and oxygen atoms in total. The highest BCUT2D eigenvalue weighted by atomic mass is 15.3. The Morgan fingerprint density at radius 1 is 1.25 bits per heavy atom. The van der Waals surface area contributed by atoms with Crippen LogP contribution < -0.4 is 0 Å². The number of hydrogen-bond donors (Lipinski definition) is 1. The van der Waals surface area contributed by atoms with Crippen molar-refractivity contribution < 1.29 is 0 Å². The maximum absolute atomic E-state index is 4.41. The van der Waals surface area contributed by atoms with Gasteiger partial charge in [0.05, 0.1) is 12.7 Å². The van der Waals surface area contributed by atoms with Crippen LogP contribution in [0.4, 0.5) is 0 Å². The second-order valence-corrected chi connectivity index (χ2v) is 3.85. The maximum atomic E-state index is 4.41. The molecule has 1 aromatic carbocycles. The summed E-state index contributed by atoms with van der Waals surface area (Å²) in [6, 6.07) is 10.3. The van der Waals surface area contributed by atoms with Crippen LogP contribution in [0, 0.1) is 6.92 Å². The summed E-state index contributed by atoms with van der Waals surface area (Å²) in [5, 5.41) is 4.31. The van der Waals surface area contributed by atoms with E-state index >= 15 is 0 Å². The molecule has 0 fully saturated rings. The normalized spacial score (nSPS) is 11.1. The number of nitrogens with zero attached hydrogens (tertiary/aromatic N) is 3. The van der Waals surface area contributed by atoms with Crippen LogP contribution >= 0.6 is 0 Å². The highest BCUT2D eigenvalue weighted by molar-refractivity contribution is 5.70. The minimum absolute atomic E-state index is 0.759. The molecule has 16 heavy (non-hydrogen) atoms. The number of hydrogen-bond acceptors (Lipinski definition) is 2. The molecule has 0 unspecified atom stereocenters. The summed E-state index contributed by atoms with van der Waals surface area (Å²) in [6.07, 6.45) is 1.82. The molecule has 0 aliphatic rings. The van der Waals surface area contributed by atoms with Crippen molar-refractivity contribution in [2.75, 3.05) is 0 Å². The molecule has 0 aliphatic heterocycles. The molecule has 0 bridgehead atoms. The van der Waals surface area contributed by atoms with Crippen LogP contribution in [0.2, 0.25) is 0 Å². The fourth-order valence-electron chi connectivity index (χ4n) is 1.84.